The first-order valence-corrected chi connectivity index (χ1v) is 6.62. The van der Waals surface area contributed by atoms with Crippen molar-refractivity contribution in [1.82, 2.24) is 10.1 Å². The van der Waals surface area contributed by atoms with Crippen LogP contribution in [0.2, 0.25) is 0 Å². The number of aromatic nitrogens is 1. The van der Waals surface area contributed by atoms with Crippen molar-refractivity contribution in [2.24, 2.45) is 0 Å². The Morgan fingerprint density at radius 1 is 1.32 bits per heavy atom. The van der Waals surface area contributed by atoms with E-state index in [1.165, 1.54) is 5.56 Å². The van der Waals surface area contributed by atoms with Gasteiger partial charge in [-0.25, -0.2) is 0 Å². The summed E-state index contributed by atoms with van der Waals surface area (Å²) in [6, 6.07) is 12.5. The molecule has 19 heavy (non-hydrogen) atoms. The zero-order valence-electron chi connectivity index (χ0n) is 11.1. The molecule has 100 valence electrons. The van der Waals surface area contributed by atoms with Crippen molar-refractivity contribution in [3.63, 3.8) is 0 Å². The molecule has 0 spiro atoms. The molecule has 2 aromatic rings. The van der Waals surface area contributed by atoms with Gasteiger partial charge in [0, 0.05) is 25.7 Å². The van der Waals surface area contributed by atoms with E-state index in [1.807, 2.05) is 19.1 Å². The molecule has 1 atom stereocenters. The van der Waals surface area contributed by atoms with Gasteiger partial charge in [0.2, 0.25) is 0 Å². The van der Waals surface area contributed by atoms with Crippen molar-refractivity contribution >= 4 is 0 Å². The first-order chi connectivity index (χ1) is 9.31. The van der Waals surface area contributed by atoms with E-state index in [0.29, 0.717) is 0 Å². The summed E-state index contributed by atoms with van der Waals surface area (Å²) in [5.41, 5.74) is 2.23. The second-order valence-corrected chi connectivity index (χ2v) is 4.95. The predicted octanol–water partition coefficient (Wildman–Crippen LogP) is 2.56. The lowest BCUT2D eigenvalue weighted by Gasteiger charge is -2.31. The highest BCUT2D eigenvalue weighted by Crippen LogP contribution is 2.23. The van der Waals surface area contributed by atoms with Crippen LogP contribution >= 0.6 is 0 Å². The van der Waals surface area contributed by atoms with E-state index in [2.05, 4.69) is 34.3 Å². The van der Waals surface area contributed by atoms with Crippen LogP contribution in [-0.4, -0.2) is 29.8 Å². The molecule has 0 aliphatic carbocycles. The molecule has 1 aliphatic rings. The zero-order chi connectivity index (χ0) is 13.1. The molecule has 4 nitrogen and oxygen atoms in total. The smallest absolute Gasteiger partial charge is 0.167 e. The quantitative estimate of drug-likeness (QED) is 0.848. The molecule has 4 heteroatoms. The molecule has 1 aromatic heterocycles. The molecule has 0 saturated carbocycles. The maximum absolute atomic E-state index is 5.77. The molecule has 0 N–H and O–H groups in total. The molecule has 0 amide bonds. The summed E-state index contributed by atoms with van der Waals surface area (Å²) in [6.07, 6.45) is -0.00124. The number of benzene rings is 1. The van der Waals surface area contributed by atoms with Crippen molar-refractivity contribution < 1.29 is 9.26 Å². The molecular weight excluding hydrogens is 240 g/mol. The number of hydrogen-bond donors (Lipinski definition) is 0. The fourth-order valence-electron chi connectivity index (χ4n) is 2.39. The third kappa shape index (κ3) is 3.03. The minimum absolute atomic E-state index is 0.00124. The first-order valence-electron chi connectivity index (χ1n) is 6.62. The largest absolute Gasteiger partial charge is 0.367 e. The van der Waals surface area contributed by atoms with Gasteiger partial charge in [-0.15, -0.1) is 0 Å². The Hall–Kier alpha value is -1.65. The number of hydrogen-bond acceptors (Lipinski definition) is 4. The molecule has 1 fully saturated rings. The van der Waals surface area contributed by atoms with Crippen LogP contribution < -0.4 is 0 Å². The van der Waals surface area contributed by atoms with Gasteiger partial charge < -0.3 is 9.26 Å². The zero-order valence-corrected chi connectivity index (χ0v) is 11.1. The van der Waals surface area contributed by atoms with E-state index in [0.717, 1.165) is 37.7 Å². The third-order valence-corrected chi connectivity index (χ3v) is 3.36. The van der Waals surface area contributed by atoms with E-state index < -0.39 is 0 Å². The SMILES string of the molecule is Cc1cc(C2CN(Cc3ccccc3)CCO2)on1. The minimum atomic E-state index is -0.00124. The topological polar surface area (TPSA) is 38.5 Å². The second-order valence-electron chi connectivity index (χ2n) is 4.95. The molecule has 3 rings (SSSR count). The first kappa shape index (κ1) is 12.4. The lowest BCUT2D eigenvalue weighted by Crippen LogP contribution is -2.37. The summed E-state index contributed by atoms with van der Waals surface area (Å²) in [6.45, 7) is 5.42. The summed E-state index contributed by atoms with van der Waals surface area (Å²) in [5.74, 6) is 0.829. The molecular formula is C15H18N2O2. The van der Waals surface area contributed by atoms with Crippen LogP contribution in [0.5, 0.6) is 0 Å². The highest BCUT2D eigenvalue weighted by molar-refractivity contribution is 5.15. The summed E-state index contributed by atoms with van der Waals surface area (Å²) >= 11 is 0. The highest BCUT2D eigenvalue weighted by atomic mass is 16.5. The van der Waals surface area contributed by atoms with Crippen molar-refractivity contribution in [3.05, 3.63) is 53.4 Å². The molecule has 1 unspecified atom stereocenters. The van der Waals surface area contributed by atoms with Crippen LogP contribution in [0.25, 0.3) is 0 Å². The Kier molecular flexibility index (Phi) is 3.62. The van der Waals surface area contributed by atoms with E-state index in [9.17, 15) is 0 Å². The third-order valence-electron chi connectivity index (χ3n) is 3.36. The predicted molar refractivity (Wildman–Crippen MR) is 71.7 cm³/mol. The number of morpholine rings is 1. The van der Waals surface area contributed by atoms with Gasteiger partial charge in [-0.1, -0.05) is 35.5 Å². The van der Waals surface area contributed by atoms with E-state index in [4.69, 9.17) is 9.26 Å². The Balaban J connectivity index is 1.65. The van der Waals surface area contributed by atoms with Gasteiger partial charge in [0.15, 0.2) is 5.76 Å². The van der Waals surface area contributed by atoms with Crippen LogP contribution in [0.3, 0.4) is 0 Å². The Morgan fingerprint density at radius 3 is 2.89 bits per heavy atom. The van der Waals surface area contributed by atoms with Gasteiger partial charge in [0.05, 0.1) is 12.3 Å². The van der Waals surface area contributed by atoms with Gasteiger partial charge in [-0.3, -0.25) is 4.90 Å². The maximum Gasteiger partial charge on any atom is 0.167 e. The summed E-state index contributed by atoms with van der Waals surface area (Å²) in [4.78, 5) is 2.39. The van der Waals surface area contributed by atoms with Crippen molar-refractivity contribution in [2.75, 3.05) is 19.7 Å². The van der Waals surface area contributed by atoms with E-state index >= 15 is 0 Å². The van der Waals surface area contributed by atoms with Crippen molar-refractivity contribution in [1.29, 1.82) is 0 Å². The lowest BCUT2D eigenvalue weighted by molar-refractivity contribution is -0.0449. The Labute approximate surface area is 113 Å². The van der Waals surface area contributed by atoms with Gasteiger partial charge in [0.1, 0.15) is 6.10 Å². The minimum Gasteiger partial charge on any atom is -0.367 e. The molecule has 1 aromatic carbocycles. The average Bonchev–Trinajstić information content (AvgIpc) is 2.87. The summed E-state index contributed by atoms with van der Waals surface area (Å²) in [7, 11) is 0. The fraction of sp³-hybridized carbons (Fsp3) is 0.400. The number of ether oxygens (including phenoxy) is 1. The van der Waals surface area contributed by atoms with Crippen LogP contribution in [0.1, 0.15) is 23.1 Å². The Bertz CT molecular complexity index is 524. The van der Waals surface area contributed by atoms with Gasteiger partial charge in [-0.05, 0) is 12.5 Å². The van der Waals surface area contributed by atoms with Crippen LogP contribution in [0.4, 0.5) is 0 Å². The summed E-state index contributed by atoms with van der Waals surface area (Å²) < 4.78 is 11.1. The van der Waals surface area contributed by atoms with Gasteiger partial charge in [0.25, 0.3) is 0 Å². The summed E-state index contributed by atoms with van der Waals surface area (Å²) in [5, 5.41) is 3.93. The second kappa shape index (κ2) is 5.55. The maximum atomic E-state index is 5.77. The highest BCUT2D eigenvalue weighted by Gasteiger charge is 2.24. The van der Waals surface area contributed by atoms with Crippen LogP contribution in [0, 0.1) is 6.92 Å². The van der Waals surface area contributed by atoms with Crippen LogP contribution in [0.15, 0.2) is 40.9 Å². The molecule has 0 bridgehead atoms. The van der Waals surface area contributed by atoms with Gasteiger partial charge in [-0.2, -0.15) is 0 Å². The normalized spacial score (nSPS) is 20.6. The number of rotatable bonds is 3. The molecule has 1 aliphatic heterocycles. The molecule has 0 radical (unpaired) electrons. The molecule has 1 saturated heterocycles. The van der Waals surface area contributed by atoms with Gasteiger partial charge >= 0.3 is 0 Å². The molecule has 2 heterocycles. The number of aryl methyl sites for hydroxylation is 1. The average molecular weight is 258 g/mol. The standard InChI is InChI=1S/C15H18N2O2/c1-12-9-14(19-16-12)15-11-17(7-8-18-15)10-13-5-3-2-4-6-13/h2-6,9,15H,7-8,10-11H2,1H3. The van der Waals surface area contributed by atoms with Crippen LogP contribution in [-0.2, 0) is 11.3 Å². The monoisotopic (exact) mass is 258 g/mol. The van der Waals surface area contributed by atoms with E-state index in [1.54, 1.807) is 0 Å². The fourth-order valence-corrected chi connectivity index (χ4v) is 2.39. The van der Waals surface area contributed by atoms with Crippen molar-refractivity contribution in [2.45, 2.75) is 19.6 Å². The lowest BCUT2D eigenvalue weighted by atomic mass is 10.1. The van der Waals surface area contributed by atoms with E-state index in [-0.39, 0.29) is 6.10 Å². The number of nitrogens with zero attached hydrogens (tertiary/aromatic N) is 2. The van der Waals surface area contributed by atoms with Crippen molar-refractivity contribution in [3.8, 4) is 0 Å². The Morgan fingerprint density at radius 2 is 2.16 bits per heavy atom.